The molecule has 5 aromatic rings. The molecule has 5 rings (SSSR count). The highest BCUT2D eigenvalue weighted by molar-refractivity contribution is 5.92. The molecule has 0 fully saturated rings. The van der Waals surface area contributed by atoms with Crippen LogP contribution in [0.1, 0.15) is 34.8 Å². The number of aromatic nitrogens is 3. The van der Waals surface area contributed by atoms with Crippen molar-refractivity contribution in [2.45, 2.75) is 19.5 Å². The molecule has 0 aliphatic heterocycles. The summed E-state index contributed by atoms with van der Waals surface area (Å²) in [7, 11) is 1.65. The number of ether oxygens (including phenoxy) is 1. The van der Waals surface area contributed by atoms with Crippen LogP contribution in [-0.2, 0) is 6.54 Å². The van der Waals surface area contributed by atoms with Crippen LogP contribution < -0.4 is 10.1 Å². The number of rotatable bonds is 6. The monoisotopic (exact) mass is 436 g/mol. The minimum Gasteiger partial charge on any atom is -0.497 e. The first-order valence-electron chi connectivity index (χ1n) is 10.9. The lowest BCUT2D eigenvalue weighted by Gasteiger charge is -2.17. The summed E-state index contributed by atoms with van der Waals surface area (Å²) in [6.45, 7) is 2.56. The van der Waals surface area contributed by atoms with Crippen LogP contribution in [0.4, 0.5) is 0 Å². The third-order valence-corrected chi connectivity index (χ3v) is 5.77. The Labute approximate surface area is 191 Å². The van der Waals surface area contributed by atoms with Gasteiger partial charge in [-0.25, -0.2) is 4.98 Å². The van der Waals surface area contributed by atoms with Crippen LogP contribution in [0.5, 0.6) is 5.75 Å². The fourth-order valence-electron chi connectivity index (χ4n) is 4.10. The van der Waals surface area contributed by atoms with Gasteiger partial charge in [0.15, 0.2) is 0 Å². The Bertz CT molecular complexity index is 1440. The van der Waals surface area contributed by atoms with Crippen LogP contribution in [0.15, 0.2) is 85.1 Å². The summed E-state index contributed by atoms with van der Waals surface area (Å²) in [6.07, 6.45) is 1.61. The lowest BCUT2D eigenvalue weighted by Crippen LogP contribution is -2.29. The van der Waals surface area contributed by atoms with E-state index in [0.717, 1.165) is 28.2 Å². The van der Waals surface area contributed by atoms with Gasteiger partial charge >= 0.3 is 0 Å². The van der Waals surface area contributed by atoms with Gasteiger partial charge in [0.05, 0.1) is 24.2 Å². The molecule has 0 bridgehead atoms. The molecule has 3 aromatic carbocycles. The predicted octanol–water partition coefficient (Wildman–Crippen LogP) is 5.13. The zero-order valence-corrected chi connectivity index (χ0v) is 18.5. The third-order valence-electron chi connectivity index (χ3n) is 5.77. The number of nitrogens with one attached hydrogen (secondary N) is 1. The Morgan fingerprint density at radius 2 is 1.82 bits per heavy atom. The van der Waals surface area contributed by atoms with Gasteiger partial charge in [-0.2, -0.15) is 0 Å². The van der Waals surface area contributed by atoms with Gasteiger partial charge in [0.2, 0.25) is 0 Å². The van der Waals surface area contributed by atoms with Gasteiger partial charge in [-0.15, -0.1) is 0 Å². The quantitative estimate of drug-likeness (QED) is 0.401. The van der Waals surface area contributed by atoms with Gasteiger partial charge in [0.25, 0.3) is 5.91 Å². The highest BCUT2D eigenvalue weighted by Gasteiger charge is 2.20. The van der Waals surface area contributed by atoms with Gasteiger partial charge in [0.1, 0.15) is 17.3 Å². The van der Waals surface area contributed by atoms with Gasteiger partial charge in [-0.1, -0.05) is 42.5 Å². The Hall–Kier alpha value is -4.19. The van der Waals surface area contributed by atoms with Crippen LogP contribution >= 0.6 is 0 Å². The molecule has 0 radical (unpaired) electrons. The normalized spacial score (nSPS) is 12.1. The number of hydrogen-bond donors (Lipinski definition) is 1. The molecule has 1 amide bonds. The van der Waals surface area contributed by atoms with Crippen LogP contribution in [0, 0.1) is 0 Å². The number of carbonyl (C=O) groups excluding carboxylic acids is 1. The first-order valence-corrected chi connectivity index (χ1v) is 10.9. The molecule has 2 aromatic heterocycles. The van der Waals surface area contributed by atoms with Crippen molar-refractivity contribution in [2.75, 3.05) is 7.11 Å². The van der Waals surface area contributed by atoms with E-state index in [1.165, 1.54) is 10.8 Å². The Morgan fingerprint density at radius 3 is 2.61 bits per heavy atom. The minimum atomic E-state index is -0.321. The number of benzene rings is 3. The number of carbonyl (C=O) groups is 1. The van der Waals surface area contributed by atoms with E-state index in [9.17, 15) is 4.79 Å². The maximum Gasteiger partial charge on any atom is 0.270 e. The van der Waals surface area contributed by atoms with E-state index < -0.39 is 0 Å². The maximum atomic E-state index is 12.7. The van der Waals surface area contributed by atoms with E-state index in [-0.39, 0.29) is 11.9 Å². The molecule has 6 nitrogen and oxygen atoms in total. The van der Waals surface area contributed by atoms with Crippen molar-refractivity contribution in [3.05, 3.63) is 102 Å². The van der Waals surface area contributed by atoms with E-state index in [1.807, 2.05) is 37.3 Å². The number of pyridine rings is 1. The predicted molar refractivity (Wildman–Crippen MR) is 129 cm³/mol. The second-order valence-corrected chi connectivity index (χ2v) is 8.00. The first kappa shape index (κ1) is 20.7. The van der Waals surface area contributed by atoms with Crippen molar-refractivity contribution >= 4 is 27.7 Å². The fourth-order valence-corrected chi connectivity index (χ4v) is 4.10. The van der Waals surface area contributed by atoms with Crippen molar-refractivity contribution in [2.24, 2.45) is 0 Å². The van der Waals surface area contributed by atoms with Crippen molar-refractivity contribution in [1.82, 2.24) is 19.9 Å². The van der Waals surface area contributed by atoms with Crippen molar-refractivity contribution in [1.29, 1.82) is 0 Å². The Kier molecular flexibility index (Phi) is 5.48. The van der Waals surface area contributed by atoms with Gasteiger partial charge in [-0.05, 0) is 53.6 Å². The number of amides is 1. The molecule has 0 aliphatic rings. The lowest BCUT2D eigenvalue weighted by atomic mass is 10.1. The fraction of sp³-hybridized carbons (Fsp3) is 0.148. The number of nitrogens with zero attached hydrogens (tertiary/aromatic N) is 3. The van der Waals surface area contributed by atoms with E-state index in [1.54, 1.807) is 31.5 Å². The lowest BCUT2D eigenvalue weighted by molar-refractivity contribution is 0.0932. The summed E-state index contributed by atoms with van der Waals surface area (Å²) in [4.78, 5) is 21.7. The summed E-state index contributed by atoms with van der Waals surface area (Å²) in [5, 5.41) is 5.44. The number of hydrogen-bond acceptors (Lipinski definition) is 4. The first-order chi connectivity index (χ1) is 16.1. The van der Waals surface area contributed by atoms with Crippen molar-refractivity contribution in [3.63, 3.8) is 0 Å². The molecule has 2 heterocycles. The Balaban J connectivity index is 1.54. The summed E-state index contributed by atoms with van der Waals surface area (Å²) >= 11 is 0. The average Bonchev–Trinajstić information content (AvgIpc) is 3.22. The maximum absolute atomic E-state index is 12.7. The van der Waals surface area contributed by atoms with Crippen molar-refractivity contribution in [3.8, 4) is 5.75 Å². The molecular formula is C27H24N4O2. The largest absolute Gasteiger partial charge is 0.497 e. The van der Waals surface area contributed by atoms with E-state index in [0.29, 0.717) is 12.2 Å². The number of imidazole rings is 1. The average molecular weight is 437 g/mol. The van der Waals surface area contributed by atoms with Gasteiger partial charge in [-0.3, -0.25) is 9.78 Å². The van der Waals surface area contributed by atoms with E-state index in [2.05, 4.69) is 45.2 Å². The number of methoxy groups -OCH3 is 1. The summed E-state index contributed by atoms with van der Waals surface area (Å²) in [5.41, 5.74) is 3.34. The second kappa shape index (κ2) is 8.74. The molecule has 164 valence electrons. The standard InChI is InChI=1S/C27H24N4O2/c1-18(29-27(32)24-9-5-6-14-28-24)26-30-23-13-12-22(33-2)16-25(23)31(26)17-19-10-11-20-7-3-4-8-21(20)15-19/h3-16,18H,17H2,1-2H3,(H,29,32). The van der Waals surface area contributed by atoms with Crippen LogP contribution in [0.2, 0.25) is 0 Å². The van der Waals surface area contributed by atoms with E-state index in [4.69, 9.17) is 9.72 Å². The highest BCUT2D eigenvalue weighted by atomic mass is 16.5. The summed E-state index contributed by atoms with van der Waals surface area (Å²) in [5.74, 6) is 1.31. The molecule has 1 N–H and O–H groups in total. The van der Waals surface area contributed by atoms with E-state index >= 15 is 0 Å². The van der Waals surface area contributed by atoms with Crippen LogP contribution in [0.25, 0.3) is 21.8 Å². The van der Waals surface area contributed by atoms with Crippen molar-refractivity contribution < 1.29 is 9.53 Å². The SMILES string of the molecule is COc1ccc2nc(C(C)NC(=O)c3ccccn3)n(Cc3ccc4ccccc4c3)c2c1. The van der Waals surface area contributed by atoms with Crippen LogP contribution in [-0.4, -0.2) is 27.6 Å². The zero-order chi connectivity index (χ0) is 22.8. The van der Waals surface area contributed by atoms with Gasteiger partial charge < -0.3 is 14.6 Å². The topological polar surface area (TPSA) is 69.0 Å². The van der Waals surface area contributed by atoms with Crippen LogP contribution in [0.3, 0.4) is 0 Å². The number of fused-ring (bicyclic) bond motifs is 2. The highest BCUT2D eigenvalue weighted by Crippen LogP contribution is 2.27. The molecule has 33 heavy (non-hydrogen) atoms. The van der Waals surface area contributed by atoms with Gasteiger partial charge in [0, 0.05) is 18.8 Å². The summed E-state index contributed by atoms with van der Waals surface area (Å²) < 4.78 is 7.60. The molecule has 1 atom stereocenters. The molecule has 1 unspecified atom stereocenters. The molecule has 6 heteroatoms. The summed E-state index contributed by atoms with van der Waals surface area (Å²) in [6, 6.07) is 25.6. The zero-order valence-electron chi connectivity index (χ0n) is 18.5. The molecule has 0 saturated heterocycles. The molecule has 0 aliphatic carbocycles. The Morgan fingerprint density at radius 1 is 1.00 bits per heavy atom. The second-order valence-electron chi connectivity index (χ2n) is 8.00. The molecule has 0 spiro atoms. The molecule has 0 saturated carbocycles. The molecular weight excluding hydrogens is 412 g/mol. The third kappa shape index (κ3) is 4.15. The smallest absolute Gasteiger partial charge is 0.270 e. The minimum absolute atomic E-state index is 0.231.